The van der Waals surface area contributed by atoms with Gasteiger partial charge in [0.25, 0.3) is 0 Å². The maximum absolute atomic E-state index is 17.1. The predicted molar refractivity (Wildman–Crippen MR) is 273 cm³/mol. The van der Waals surface area contributed by atoms with Gasteiger partial charge in [0.2, 0.25) is 18.0 Å². The maximum Gasteiger partial charge on any atom is 0.407 e. The van der Waals surface area contributed by atoms with Crippen LogP contribution >= 0.6 is 11.3 Å². The van der Waals surface area contributed by atoms with Crippen molar-refractivity contribution in [2.75, 3.05) is 33.9 Å². The van der Waals surface area contributed by atoms with Crippen molar-refractivity contribution in [1.29, 1.82) is 0 Å². The number of methoxy groups -OCH3 is 2. The molecule has 8 heterocycles. The van der Waals surface area contributed by atoms with E-state index in [1.54, 1.807) is 33.5 Å². The van der Waals surface area contributed by atoms with Crippen LogP contribution in [0.3, 0.4) is 0 Å². The van der Waals surface area contributed by atoms with Gasteiger partial charge in [-0.05, 0) is 113 Å². The molecule has 4 N–H and O–H groups in total. The number of rotatable bonds is 12. The Kier molecular flexibility index (Phi) is 13.6. The summed E-state index contributed by atoms with van der Waals surface area (Å²) < 4.78 is 41.8. The van der Waals surface area contributed by atoms with Crippen molar-refractivity contribution in [3.05, 3.63) is 88.1 Å². The van der Waals surface area contributed by atoms with Gasteiger partial charge in [-0.1, -0.05) is 33.8 Å². The first kappa shape index (κ1) is 49.8. The zero-order valence-electron chi connectivity index (χ0n) is 42.5. The Morgan fingerprint density at radius 2 is 1.48 bits per heavy atom. The number of amides is 4. The van der Waals surface area contributed by atoms with Crippen LogP contribution in [0, 0.1) is 17.7 Å². The molecule has 19 heteroatoms. The van der Waals surface area contributed by atoms with Crippen molar-refractivity contribution in [3.8, 4) is 39.5 Å². The number of hydrogen-bond acceptors (Lipinski definition) is 11. The summed E-state index contributed by atoms with van der Waals surface area (Å²) in [6, 6.07) is 13.4. The molecular formula is C54H64FN9O8S. The lowest BCUT2D eigenvalue weighted by atomic mass is 9.82. The summed E-state index contributed by atoms with van der Waals surface area (Å²) in [6.07, 6.45) is 5.66. The van der Waals surface area contributed by atoms with Gasteiger partial charge in [-0.25, -0.2) is 23.9 Å². The number of nitrogens with zero attached hydrogens (tertiary/aromatic N) is 5. The molecule has 17 nitrogen and oxygen atoms in total. The number of H-pyrrole nitrogens is 2. The average Bonchev–Trinajstić information content (AvgIpc) is 4.23. The number of carbonyl (C=O) groups excluding carboxylic acids is 4. The van der Waals surface area contributed by atoms with Crippen LogP contribution in [0.1, 0.15) is 126 Å². The van der Waals surface area contributed by atoms with Crippen LogP contribution in [0.5, 0.6) is 5.75 Å². The van der Waals surface area contributed by atoms with Crippen LogP contribution < -0.4 is 15.4 Å². The first-order chi connectivity index (χ1) is 35.0. The van der Waals surface area contributed by atoms with Gasteiger partial charge in [-0.3, -0.25) is 14.2 Å². The Bertz CT molecular complexity index is 3060. The third-order valence-electron chi connectivity index (χ3n) is 14.9. The van der Waals surface area contributed by atoms with Crippen LogP contribution in [-0.4, -0.2) is 110 Å². The minimum atomic E-state index is -0.805. The molecule has 0 aliphatic carbocycles. The quantitative estimate of drug-likeness (QED) is 0.0915. The summed E-state index contributed by atoms with van der Waals surface area (Å²) in [5, 5.41) is 6.42. The highest BCUT2D eigenvalue weighted by molar-refractivity contribution is 7.12. The smallest absolute Gasteiger partial charge is 0.407 e. The van der Waals surface area contributed by atoms with Crippen molar-refractivity contribution in [2.45, 2.75) is 122 Å². The van der Waals surface area contributed by atoms with Crippen molar-refractivity contribution < 1.29 is 42.5 Å². The number of fused-ring (bicyclic) bond motifs is 5. The number of alkyl carbamates (subject to hydrolysis) is 2. The molecule has 4 aromatic heterocycles. The summed E-state index contributed by atoms with van der Waals surface area (Å²) in [5.74, 6) is 0.759. The average molecular weight is 1020 g/mol. The molecule has 3 saturated heterocycles. The van der Waals surface area contributed by atoms with Gasteiger partial charge >= 0.3 is 12.2 Å². The number of thiophene rings is 1. The monoisotopic (exact) mass is 1020 g/mol. The van der Waals surface area contributed by atoms with Crippen LogP contribution in [-0.2, 0) is 23.8 Å². The molecule has 2 aromatic carbocycles. The molecule has 0 radical (unpaired) electrons. The topological polar surface area (TPSA) is 198 Å². The number of imidazole rings is 2. The second-order valence-corrected chi connectivity index (χ2v) is 22.1. The molecule has 4 aliphatic heterocycles. The highest BCUT2D eigenvalue weighted by Crippen LogP contribution is 2.49. The number of aromatic nitrogens is 5. The normalized spacial score (nSPS) is 21.2. The third kappa shape index (κ3) is 9.57. The molecule has 0 bridgehead atoms. The number of ether oxygens (including phenoxy) is 4. The molecule has 386 valence electrons. The number of carbonyl (C=O) groups is 4. The van der Waals surface area contributed by atoms with Gasteiger partial charge in [0, 0.05) is 41.1 Å². The largest absolute Gasteiger partial charge is 0.464 e. The molecule has 4 aliphatic rings. The molecule has 4 amide bonds. The van der Waals surface area contributed by atoms with Crippen molar-refractivity contribution >= 4 is 46.2 Å². The highest BCUT2D eigenvalue weighted by Gasteiger charge is 2.43. The maximum atomic E-state index is 17.1. The molecule has 2 unspecified atom stereocenters. The van der Waals surface area contributed by atoms with E-state index in [0.717, 1.165) is 46.3 Å². The summed E-state index contributed by atoms with van der Waals surface area (Å²) in [7, 11) is 2.57. The second kappa shape index (κ2) is 19.9. The minimum Gasteiger partial charge on any atom is -0.464 e. The van der Waals surface area contributed by atoms with E-state index in [1.165, 1.54) is 25.2 Å². The Labute approximate surface area is 427 Å². The number of likely N-dealkylation sites (tertiary alicyclic amines) is 2. The van der Waals surface area contributed by atoms with Crippen LogP contribution in [0.25, 0.3) is 44.7 Å². The molecule has 6 atom stereocenters. The standard InChI is InChI=1S/C54H64FN9O8S/c1-28(2)42-15-16-43(73-42)51-64-37-14-13-30(35-26-56-47(58-35)38-11-9-18-62(38)49(65)45(29(3)4)60-52(67)69-7)21-33(37)23-40(64)44-34(55)22-32(24-41(44)72-51)36-27-57-48(59-36)39-12-10-19-63(39)50(66)46(61-53(68)70-8)31-17-20-71-54(5,6)25-31/h13-16,21-24,26-29,31,38-39,45-46,51H,9-12,17-20,25H2,1-8H3,(H,56,58)(H,57,59)(H,60,67)(H,61,68)/t31?,38-,39-,45-,46?,51-/m0/s1. The second-order valence-electron chi connectivity index (χ2n) is 20.9. The molecular weight excluding hydrogens is 954 g/mol. The summed E-state index contributed by atoms with van der Waals surface area (Å²) in [4.78, 5) is 75.3. The van der Waals surface area contributed by atoms with Crippen molar-refractivity contribution in [1.82, 2.24) is 44.9 Å². The van der Waals surface area contributed by atoms with Gasteiger partial charge in [-0.2, -0.15) is 0 Å². The first-order valence-electron chi connectivity index (χ1n) is 25.3. The first-order valence-corrected chi connectivity index (χ1v) is 26.1. The fourth-order valence-corrected chi connectivity index (χ4v) is 12.3. The molecule has 0 spiro atoms. The zero-order valence-corrected chi connectivity index (χ0v) is 43.4. The molecule has 73 heavy (non-hydrogen) atoms. The number of benzene rings is 2. The number of nitrogens with one attached hydrogen (secondary N) is 4. The van der Waals surface area contributed by atoms with Crippen molar-refractivity contribution in [2.24, 2.45) is 11.8 Å². The predicted octanol–water partition coefficient (Wildman–Crippen LogP) is 9.99. The molecule has 10 rings (SSSR count). The lowest BCUT2D eigenvalue weighted by Crippen LogP contribution is -2.54. The van der Waals surface area contributed by atoms with E-state index in [2.05, 4.69) is 57.2 Å². The van der Waals surface area contributed by atoms with Crippen LogP contribution in [0.15, 0.2) is 60.9 Å². The lowest BCUT2D eigenvalue weighted by molar-refractivity contribution is -0.139. The summed E-state index contributed by atoms with van der Waals surface area (Å²) >= 11 is 1.67. The van der Waals surface area contributed by atoms with E-state index in [1.807, 2.05) is 52.0 Å². The Balaban J connectivity index is 0.953. The fraction of sp³-hybridized carbons (Fsp3) is 0.481. The number of halogens is 1. The Morgan fingerprint density at radius 3 is 2.11 bits per heavy atom. The number of hydrogen-bond donors (Lipinski definition) is 4. The summed E-state index contributed by atoms with van der Waals surface area (Å²) in [6.45, 7) is 13.6. The van der Waals surface area contributed by atoms with Gasteiger partial charge in [0.15, 0.2) is 0 Å². The molecule has 0 saturated carbocycles. The zero-order chi connectivity index (χ0) is 51.5. The molecule has 6 aromatic rings. The third-order valence-corrected chi connectivity index (χ3v) is 16.3. The Morgan fingerprint density at radius 1 is 0.822 bits per heavy atom. The van der Waals surface area contributed by atoms with Crippen LogP contribution in [0.2, 0.25) is 0 Å². The van der Waals surface area contributed by atoms with Gasteiger partial charge in [-0.15, -0.1) is 11.3 Å². The van der Waals surface area contributed by atoms with Crippen molar-refractivity contribution in [3.63, 3.8) is 0 Å². The van der Waals surface area contributed by atoms with Crippen LogP contribution in [0.4, 0.5) is 14.0 Å². The summed E-state index contributed by atoms with van der Waals surface area (Å²) in [5.41, 5.74) is 4.16. The molecule has 3 fully saturated rings. The van der Waals surface area contributed by atoms with E-state index in [-0.39, 0.29) is 35.7 Å². The SMILES string of the molecule is COC(=O)NC(C(=O)N1CCC[C@H]1c1ncc(-c2cc(F)c3c(c2)O[C@@H](c2ccc(C(C)C)s2)n2c-3cc3cc(-c4cnc([C@@H]5CCCN5C(=O)[C@@H](NC(=O)OC)C(C)C)[nH]4)ccc32)[nH]1)C1CCOC(C)(C)C1. The van der Waals surface area contributed by atoms with E-state index in [9.17, 15) is 19.2 Å². The fourth-order valence-electron chi connectivity index (χ4n) is 11.2. The van der Waals surface area contributed by atoms with Gasteiger partial charge in [0.1, 0.15) is 35.3 Å². The minimum absolute atomic E-state index is 0.154. The van der Waals surface area contributed by atoms with E-state index >= 15 is 4.39 Å². The number of aromatic amines is 2. The van der Waals surface area contributed by atoms with Gasteiger partial charge < -0.3 is 49.3 Å². The van der Waals surface area contributed by atoms with E-state index in [0.29, 0.717) is 84.8 Å². The van der Waals surface area contributed by atoms with E-state index < -0.39 is 41.9 Å². The lowest BCUT2D eigenvalue weighted by Gasteiger charge is -2.40. The Hall–Kier alpha value is -6.73. The van der Waals surface area contributed by atoms with Gasteiger partial charge in [0.05, 0.1) is 77.3 Å². The van der Waals surface area contributed by atoms with E-state index in [4.69, 9.17) is 28.9 Å². The highest BCUT2D eigenvalue weighted by atomic mass is 32.1.